The van der Waals surface area contributed by atoms with Gasteiger partial charge in [0.1, 0.15) is 5.25 Å². The lowest BCUT2D eigenvalue weighted by Gasteiger charge is -2.08. The number of hydrogen-bond acceptors (Lipinski definition) is 2. The van der Waals surface area contributed by atoms with E-state index in [4.69, 9.17) is 5.11 Å². The first-order chi connectivity index (χ1) is 10.2. The summed E-state index contributed by atoms with van der Waals surface area (Å²) in [7, 11) is 0. The predicted molar refractivity (Wildman–Crippen MR) is 95.1 cm³/mol. The fraction of sp³-hybridized carbons (Fsp3) is 0.722. The van der Waals surface area contributed by atoms with Crippen molar-refractivity contribution in [2.75, 3.05) is 5.75 Å². The molecule has 122 valence electrons. The summed E-state index contributed by atoms with van der Waals surface area (Å²) in [5.74, 6) is 0.281. The molecule has 0 radical (unpaired) electrons. The van der Waals surface area contributed by atoms with Crippen LogP contribution in [0.25, 0.3) is 0 Å². The van der Waals surface area contributed by atoms with Crippen LogP contribution in [-0.4, -0.2) is 22.1 Å². The van der Waals surface area contributed by atoms with E-state index in [0.717, 1.165) is 31.4 Å². The van der Waals surface area contributed by atoms with Crippen LogP contribution in [0.4, 0.5) is 0 Å². The van der Waals surface area contributed by atoms with Crippen LogP contribution in [0, 0.1) is 0 Å². The molecule has 3 heteroatoms. The number of allylic oxidation sites excluding steroid dienone is 4. The minimum absolute atomic E-state index is 0.224. The third-order valence-corrected chi connectivity index (χ3v) is 4.77. The van der Waals surface area contributed by atoms with Crippen molar-refractivity contribution in [1.29, 1.82) is 0 Å². The van der Waals surface area contributed by atoms with E-state index < -0.39 is 5.97 Å². The van der Waals surface area contributed by atoms with Gasteiger partial charge in [0.2, 0.25) is 0 Å². The third-order valence-electron chi connectivity index (χ3n) is 3.31. The van der Waals surface area contributed by atoms with E-state index in [9.17, 15) is 4.79 Å². The Bertz CT molecular complexity index is 298. The van der Waals surface area contributed by atoms with E-state index in [1.54, 1.807) is 11.8 Å². The molecule has 0 aliphatic rings. The zero-order valence-corrected chi connectivity index (χ0v) is 14.5. The smallest absolute Gasteiger partial charge is 0.316 e. The number of carboxylic acids is 1. The molecule has 1 atom stereocenters. The molecule has 1 unspecified atom stereocenters. The Morgan fingerprint density at radius 1 is 1.00 bits per heavy atom. The van der Waals surface area contributed by atoms with E-state index in [1.165, 1.54) is 25.7 Å². The standard InChI is InChI=1S/C18H32O2S/c1-3-5-6-7-8-9-10-11-12-13-14-15-16-21-17(4-2)18(19)20/h8-9,11-12,17H,3-7,10,13-16H2,1-2H3,(H,19,20)/b9-8-,12-11-. The van der Waals surface area contributed by atoms with E-state index >= 15 is 0 Å². The highest BCUT2D eigenvalue weighted by Gasteiger charge is 2.14. The summed E-state index contributed by atoms with van der Waals surface area (Å²) in [5, 5.41) is 8.70. The molecule has 0 amide bonds. The second kappa shape index (κ2) is 15.7. The van der Waals surface area contributed by atoms with Crippen LogP contribution in [0.5, 0.6) is 0 Å². The molecule has 0 aromatic heterocycles. The number of unbranched alkanes of at least 4 members (excludes halogenated alkanes) is 5. The van der Waals surface area contributed by atoms with Crippen LogP contribution in [0.1, 0.15) is 71.6 Å². The predicted octanol–water partition coefficient (Wildman–Crippen LogP) is 5.84. The summed E-state index contributed by atoms with van der Waals surface area (Å²) in [4.78, 5) is 10.8. The number of carboxylic acid groups (broad SMARTS) is 1. The summed E-state index contributed by atoms with van der Waals surface area (Å²) in [5.41, 5.74) is 0. The molecule has 0 spiro atoms. The average molecular weight is 313 g/mol. The van der Waals surface area contributed by atoms with Gasteiger partial charge in [0.05, 0.1) is 0 Å². The van der Waals surface area contributed by atoms with Crippen molar-refractivity contribution >= 4 is 17.7 Å². The zero-order valence-electron chi connectivity index (χ0n) is 13.7. The van der Waals surface area contributed by atoms with Gasteiger partial charge in [-0.05, 0) is 50.7 Å². The lowest BCUT2D eigenvalue weighted by molar-refractivity contribution is -0.136. The van der Waals surface area contributed by atoms with Crippen LogP contribution >= 0.6 is 11.8 Å². The van der Waals surface area contributed by atoms with E-state index in [0.29, 0.717) is 6.42 Å². The minimum atomic E-state index is -0.673. The molecule has 0 bridgehead atoms. The quantitative estimate of drug-likeness (QED) is 0.323. The lowest BCUT2D eigenvalue weighted by atomic mass is 10.2. The van der Waals surface area contributed by atoms with Gasteiger partial charge >= 0.3 is 5.97 Å². The number of thioether (sulfide) groups is 1. The van der Waals surface area contributed by atoms with Gasteiger partial charge in [-0.3, -0.25) is 4.79 Å². The molecular weight excluding hydrogens is 280 g/mol. The van der Waals surface area contributed by atoms with Crippen molar-refractivity contribution in [3.8, 4) is 0 Å². The van der Waals surface area contributed by atoms with Gasteiger partial charge in [-0.15, -0.1) is 11.8 Å². The fourth-order valence-corrected chi connectivity index (χ4v) is 3.01. The maximum atomic E-state index is 10.8. The second-order valence-electron chi connectivity index (χ2n) is 5.28. The molecule has 0 aromatic carbocycles. The molecule has 0 aromatic rings. The van der Waals surface area contributed by atoms with Gasteiger partial charge in [0, 0.05) is 0 Å². The van der Waals surface area contributed by atoms with Crippen LogP contribution < -0.4 is 0 Å². The van der Waals surface area contributed by atoms with E-state index in [1.807, 2.05) is 6.92 Å². The highest BCUT2D eigenvalue weighted by Crippen LogP contribution is 2.17. The molecule has 0 aliphatic carbocycles. The van der Waals surface area contributed by atoms with Crippen LogP contribution in [0.3, 0.4) is 0 Å². The summed E-state index contributed by atoms with van der Waals surface area (Å²) in [6, 6.07) is 0. The van der Waals surface area contributed by atoms with Gasteiger partial charge in [-0.2, -0.15) is 0 Å². The number of hydrogen-bond donors (Lipinski definition) is 1. The van der Waals surface area contributed by atoms with Crippen molar-refractivity contribution in [1.82, 2.24) is 0 Å². The Balaban J connectivity index is 3.38. The van der Waals surface area contributed by atoms with Crippen molar-refractivity contribution in [3.05, 3.63) is 24.3 Å². The summed E-state index contributed by atoms with van der Waals surface area (Å²) in [6.07, 6.45) is 19.3. The number of carbonyl (C=O) groups is 1. The Morgan fingerprint density at radius 3 is 2.14 bits per heavy atom. The monoisotopic (exact) mass is 312 g/mol. The normalized spacial score (nSPS) is 13.2. The SMILES string of the molecule is CCCCC/C=C\C/C=C\CCCCSC(CC)C(=O)O. The summed E-state index contributed by atoms with van der Waals surface area (Å²) >= 11 is 1.58. The molecule has 0 saturated heterocycles. The highest BCUT2D eigenvalue weighted by molar-refractivity contribution is 8.00. The first-order valence-corrected chi connectivity index (χ1v) is 9.41. The highest BCUT2D eigenvalue weighted by atomic mass is 32.2. The average Bonchev–Trinajstić information content (AvgIpc) is 2.47. The van der Waals surface area contributed by atoms with E-state index in [-0.39, 0.29) is 5.25 Å². The van der Waals surface area contributed by atoms with Gasteiger partial charge in [-0.25, -0.2) is 0 Å². The maximum absolute atomic E-state index is 10.8. The number of rotatable bonds is 14. The molecule has 1 N–H and O–H groups in total. The molecule has 0 fully saturated rings. The Kier molecular flexibility index (Phi) is 15.2. The van der Waals surface area contributed by atoms with Crippen molar-refractivity contribution in [2.24, 2.45) is 0 Å². The van der Waals surface area contributed by atoms with Crippen molar-refractivity contribution < 1.29 is 9.90 Å². The van der Waals surface area contributed by atoms with Gasteiger partial charge in [0.25, 0.3) is 0 Å². The van der Waals surface area contributed by atoms with Crippen molar-refractivity contribution in [3.63, 3.8) is 0 Å². The molecule has 0 saturated carbocycles. The maximum Gasteiger partial charge on any atom is 0.316 e. The number of aliphatic carboxylic acids is 1. The van der Waals surface area contributed by atoms with Gasteiger partial charge in [-0.1, -0.05) is 51.0 Å². The zero-order chi connectivity index (χ0) is 15.8. The Labute approximate surface area is 135 Å². The Hall–Kier alpha value is -0.700. The van der Waals surface area contributed by atoms with Gasteiger partial charge < -0.3 is 5.11 Å². The van der Waals surface area contributed by atoms with Crippen LogP contribution in [0.2, 0.25) is 0 Å². The first-order valence-electron chi connectivity index (χ1n) is 8.36. The summed E-state index contributed by atoms with van der Waals surface area (Å²) < 4.78 is 0. The van der Waals surface area contributed by atoms with E-state index in [2.05, 4.69) is 31.2 Å². The van der Waals surface area contributed by atoms with Crippen LogP contribution in [0.15, 0.2) is 24.3 Å². The second-order valence-corrected chi connectivity index (χ2v) is 6.59. The molecule has 0 heterocycles. The minimum Gasteiger partial charge on any atom is -0.480 e. The molecule has 0 rings (SSSR count). The molecule has 2 nitrogen and oxygen atoms in total. The Morgan fingerprint density at radius 2 is 1.62 bits per heavy atom. The van der Waals surface area contributed by atoms with Crippen LogP contribution in [-0.2, 0) is 4.79 Å². The third kappa shape index (κ3) is 14.0. The largest absolute Gasteiger partial charge is 0.480 e. The molecular formula is C18H32O2S. The molecule has 21 heavy (non-hydrogen) atoms. The molecule has 0 aliphatic heterocycles. The van der Waals surface area contributed by atoms with Crippen molar-refractivity contribution in [2.45, 2.75) is 76.9 Å². The lowest BCUT2D eigenvalue weighted by Crippen LogP contribution is -2.15. The fourth-order valence-electron chi connectivity index (χ4n) is 1.97. The first kappa shape index (κ1) is 20.3. The van der Waals surface area contributed by atoms with Gasteiger partial charge in [0.15, 0.2) is 0 Å². The summed E-state index contributed by atoms with van der Waals surface area (Å²) in [6.45, 7) is 4.17. The topological polar surface area (TPSA) is 37.3 Å².